The Morgan fingerprint density at radius 1 is 1.25 bits per heavy atom. The highest BCUT2D eigenvalue weighted by atomic mass is 79.9. The topological polar surface area (TPSA) is 32.3 Å². The molecule has 1 amide bonds. The molecule has 0 spiro atoms. The number of hydrogen-bond acceptors (Lipinski definition) is 2. The van der Waals surface area contributed by atoms with Gasteiger partial charge in [0.2, 0.25) is 5.91 Å². The van der Waals surface area contributed by atoms with E-state index < -0.39 is 0 Å². The van der Waals surface area contributed by atoms with Gasteiger partial charge < -0.3 is 10.2 Å². The van der Waals surface area contributed by atoms with E-state index in [1.165, 1.54) is 5.56 Å². The fourth-order valence-corrected chi connectivity index (χ4v) is 3.98. The number of benzene rings is 2. The number of rotatable bonds is 4. The van der Waals surface area contributed by atoms with E-state index in [9.17, 15) is 4.79 Å². The van der Waals surface area contributed by atoms with E-state index in [2.05, 4.69) is 52.4 Å². The first kappa shape index (κ1) is 17.0. The molecule has 126 valence electrons. The highest BCUT2D eigenvalue weighted by Gasteiger charge is 2.34. The van der Waals surface area contributed by atoms with Crippen LogP contribution < -0.4 is 10.2 Å². The summed E-state index contributed by atoms with van der Waals surface area (Å²) in [4.78, 5) is 14.3. The number of halogens is 1. The zero-order valence-electron chi connectivity index (χ0n) is 14.1. The molecule has 1 heterocycles. The van der Waals surface area contributed by atoms with Crippen LogP contribution in [-0.2, 0) is 4.79 Å². The molecular weight excluding hydrogens is 364 g/mol. The smallest absolute Gasteiger partial charge is 0.224 e. The SMILES string of the molecule is CCCC1CC(Nc2ccccc2)c2cc(Br)ccc2N1C(C)=O. The van der Waals surface area contributed by atoms with Crippen molar-refractivity contribution >= 4 is 33.2 Å². The van der Waals surface area contributed by atoms with Gasteiger partial charge in [-0.2, -0.15) is 0 Å². The van der Waals surface area contributed by atoms with Crippen molar-refractivity contribution in [2.24, 2.45) is 0 Å². The Balaban J connectivity index is 2.01. The minimum atomic E-state index is 0.121. The first-order valence-corrected chi connectivity index (χ1v) is 9.30. The quantitative estimate of drug-likeness (QED) is 0.748. The summed E-state index contributed by atoms with van der Waals surface area (Å²) in [5.41, 5.74) is 3.32. The van der Waals surface area contributed by atoms with Crippen molar-refractivity contribution in [2.75, 3.05) is 10.2 Å². The van der Waals surface area contributed by atoms with E-state index in [1.54, 1.807) is 6.92 Å². The van der Waals surface area contributed by atoms with Gasteiger partial charge in [-0.25, -0.2) is 0 Å². The highest BCUT2D eigenvalue weighted by molar-refractivity contribution is 9.10. The van der Waals surface area contributed by atoms with Gasteiger partial charge in [0, 0.05) is 28.8 Å². The molecule has 0 aliphatic carbocycles. The summed E-state index contributed by atoms with van der Waals surface area (Å²) < 4.78 is 1.04. The van der Waals surface area contributed by atoms with Crippen LogP contribution >= 0.6 is 15.9 Å². The molecule has 0 radical (unpaired) electrons. The molecule has 2 aromatic rings. The summed E-state index contributed by atoms with van der Waals surface area (Å²) in [7, 11) is 0. The summed E-state index contributed by atoms with van der Waals surface area (Å²) >= 11 is 3.57. The van der Waals surface area contributed by atoms with Crippen molar-refractivity contribution in [3.63, 3.8) is 0 Å². The monoisotopic (exact) mass is 386 g/mol. The number of hydrogen-bond donors (Lipinski definition) is 1. The molecule has 1 aliphatic heterocycles. The third-order valence-corrected chi connectivity index (χ3v) is 5.07. The molecule has 0 bridgehead atoms. The Kier molecular flexibility index (Phi) is 5.24. The van der Waals surface area contributed by atoms with Crippen LogP contribution in [0.15, 0.2) is 53.0 Å². The van der Waals surface area contributed by atoms with Gasteiger partial charge in [-0.3, -0.25) is 4.79 Å². The van der Waals surface area contributed by atoms with E-state index in [-0.39, 0.29) is 18.0 Å². The van der Waals surface area contributed by atoms with Crippen LogP contribution in [-0.4, -0.2) is 11.9 Å². The number of fused-ring (bicyclic) bond motifs is 1. The largest absolute Gasteiger partial charge is 0.378 e. The van der Waals surface area contributed by atoms with Gasteiger partial charge in [0.15, 0.2) is 0 Å². The maximum Gasteiger partial charge on any atom is 0.224 e. The number of nitrogens with zero attached hydrogens (tertiary/aromatic N) is 1. The molecule has 0 saturated carbocycles. The average molecular weight is 387 g/mol. The lowest BCUT2D eigenvalue weighted by atomic mass is 9.88. The third-order valence-electron chi connectivity index (χ3n) is 4.57. The Morgan fingerprint density at radius 3 is 2.67 bits per heavy atom. The summed E-state index contributed by atoms with van der Waals surface area (Å²) in [5.74, 6) is 0.121. The van der Waals surface area contributed by atoms with Crippen LogP contribution in [0.5, 0.6) is 0 Å². The Hall–Kier alpha value is -1.81. The lowest BCUT2D eigenvalue weighted by Gasteiger charge is -2.41. The van der Waals surface area contributed by atoms with Gasteiger partial charge in [-0.15, -0.1) is 0 Å². The van der Waals surface area contributed by atoms with Gasteiger partial charge >= 0.3 is 0 Å². The standard InChI is InChI=1S/C20H23BrN2O/c1-3-7-17-13-19(22-16-8-5-4-6-9-16)18-12-15(21)10-11-20(18)23(17)14(2)24/h4-6,8-12,17,19,22H,3,7,13H2,1-2H3. The van der Waals surface area contributed by atoms with E-state index in [1.807, 2.05) is 29.2 Å². The maximum absolute atomic E-state index is 12.3. The van der Waals surface area contributed by atoms with Gasteiger partial charge in [0.25, 0.3) is 0 Å². The van der Waals surface area contributed by atoms with E-state index in [4.69, 9.17) is 0 Å². The number of carbonyl (C=O) groups is 1. The van der Waals surface area contributed by atoms with Crippen LogP contribution in [0.4, 0.5) is 11.4 Å². The second kappa shape index (κ2) is 7.39. The van der Waals surface area contributed by atoms with Crippen molar-refractivity contribution in [3.8, 4) is 0 Å². The number of carbonyl (C=O) groups excluding carboxylic acids is 1. The summed E-state index contributed by atoms with van der Waals surface area (Å²) in [5, 5.41) is 3.65. The third kappa shape index (κ3) is 3.48. The molecule has 2 aromatic carbocycles. The summed E-state index contributed by atoms with van der Waals surface area (Å²) in [6.45, 7) is 3.84. The molecule has 4 heteroatoms. The first-order chi connectivity index (χ1) is 11.6. The maximum atomic E-state index is 12.3. The van der Waals surface area contributed by atoms with Crippen LogP contribution in [0.3, 0.4) is 0 Å². The molecule has 2 atom stereocenters. The lowest BCUT2D eigenvalue weighted by Crippen LogP contribution is -2.44. The van der Waals surface area contributed by atoms with Gasteiger partial charge in [-0.05, 0) is 48.7 Å². The fraction of sp³-hybridized carbons (Fsp3) is 0.350. The zero-order valence-corrected chi connectivity index (χ0v) is 15.7. The van der Waals surface area contributed by atoms with Crippen LogP contribution in [0.2, 0.25) is 0 Å². The zero-order chi connectivity index (χ0) is 17.1. The number of para-hydroxylation sites is 1. The van der Waals surface area contributed by atoms with E-state index in [0.717, 1.165) is 35.1 Å². The minimum absolute atomic E-state index is 0.121. The second-order valence-corrected chi connectivity index (χ2v) is 7.25. The summed E-state index contributed by atoms with van der Waals surface area (Å²) in [6, 6.07) is 16.9. The molecular formula is C20H23BrN2O. The normalized spacial score (nSPS) is 19.7. The fourth-order valence-electron chi connectivity index (χ4n) is 3.60. The molecule has 0 aromatic heterocycles. The Bertz CT molecular complexity index is 717. The Morgan fingerprint density at radius 2 is 2.00 bits per heavy atom. The molecule has 0 saturated heterocycles. The van der Waals surface area contributed by atoms with Gasteiger partial charge in [0.05, 0.1) is 6.04 Å². The lowest BCUT2D eigenvalue weighted by molar-refractivity contribution is -0.117. The van der Waals surface area contributed by atoms with Crippen molar-refractivity contribution in [3.05, 3.63) is 58.6 Å². The number of anilines is 2. The molecule has 3 nitrogen and oxygen atoms in total. The summed E-state index contributed by atoms with van der Waals surface area (Å²) in [6.07, 6.45) is 3.01. The first-order valence-electron chi connectivity index (χ1n) is 8.51. The van der Waals surface area contributed by atoms with Crippen molar-refractivity contribution in [1.29, 1.82) is 0 Å². The second-order valence-electron chi connectivity index (χ2n) is 6.33. The van der Waals surface area contributed by atoms with Gasteiger partial charge in [0.1, 0.15) is 0 Å². The molecule has 1 aliphatic rings. The molecule has 1 N–H and O–H groups in total. The van der Waals surface area contributed by atoms with Crippen LogP contribution in [0.25, 0.3) is 0 Å². The predicted octanol–water partition coefficient (Wildman–Crippen LogP) is 5.53. The van der Waals surface area contributed by atoms with Crippen molar-refractivity contribution in [2.45, 2.75) is 45.2 Å². The number of amides is 1. The van der Waals surface area contributed by atoms with Crippen molar-refractivity contribution < 1.29 is 4.79 Å². The minimum Gasteiger partial charge on any atom is -0.378 e. The predicted molar refractivity (Wildman–Crippen MR) is 103 cm³/mol. The van der Waals surface area contributed by atoms with Crippen molar-refractivity contribution in [1.82, 2.24) is 0 Å². The van der Waals surface area contributed by atoms with Crippen LogP contribution in [0.1, 0.15) is 44.7 Å². The molecule has 24 heavy (non-hydrogen) atoms. The molecule has 3 rings (SSSR count). The van der Waals surface area contributed by atoms with Gasteiger partial charge in [-0.1, -0.05) is 47.5 Å². The van der Waals surface area contributed by atoms with Crippen LogP contribution in [0, 0.1) is 0 Å². The molecule has 0 fully saturated rings. The highest BCUT2D eigenvalue weighted by Crippen LogP contribution is 2.41. The van der Waals surface area contributed by atoms with E-state index >= 15 is 0 Å². The average Bonchev–Trinajstić information content (AvgIpc) is 2.56. The molecule has 2 unspecified atom stereocenters. The number of nitrogens with one attached hydrogen (secondary N) is 1. The van der Waals surface area contributed by atoms with E-state index in [0.29, 0.717) is 0 Å². The Labute approximate surface area is 152 Å².